The zero-order chi connectivity index (χ0) is 8.43. The highest BCUT2D eigenvalue weighted by Gasteiger charge is 1.99. The molecule has 0 aromatic carbocycles. The van der Waals surface area contributed by atoms with Crippen LogP contribution in [0.1, 0.15) is 18.2 Å². The lowest BCUT2D eigenvalue weighted by Gasteiger charge is -2.03. The van der Waals surface area contributed by atoms with Crippen LogP contribution in [-0.2, 0) is 6.42 Å². The van der Waals surface area contributed by atoms with Crippen molar-refractivity contribution in [1.82, 2.24) is 4.73 Å². The van der Waals surface area contributed by atoms with Gasteiger partial charge in [0.1, 0.15) is 0 Å². The second-order valence-corrected chi connectivity index (χ2v) is 2.51. The summed E-state index contributed by atoms with van der Waals surface area (Å²) in [7, 11) is 0. The van der Waals surface area contributed by atoms with Gasteiger partial charge in [-0.15, -0.1) is 0 Å². The Balaban J connectivity index is 3.32. The molecule has 0 spiro atoms. The van der Waals surface area contributed by atoms with E-state index in [2.05, 4.69) is 0 Å². The molecule has 0 aliphatic carbocycles. The molecule has 0 amide bonds. The van der Waals surface area contributed by atoms with E-state index in [-0.39, 0.29) is 5.43 Å². The number of aryl methyl sites for hydroxylation is 2. The Labute approximate surface area is 64.9 Å². The summed E-state index contributed by atoms with van der Waals surface area (Å²) < 4.78 is 0.997. The predicted molar refractivity (Wildman–Crippen MR) is 42.0 cm³/mol. The fourth-order valence-corrected chi connectivity index (χ4v) is 0.925. The van der Waals surface area contributed by atoms with E-state index in [4.69, 9.17) is 0 Å². The van der Waals surface area contributed by atoms with Crippen molar-refractivity contribution in [3.8, 4) is 0 Å². The molecule has 1 rings (SSSR count). The van der Waals surface area contributed by atoms with Crippen LogP contribution in [0.3, 0.4) is 0 Å². The van der Waals surface area contributed by atoms with Gasteiger partial charge in [-0.3, -0.25) is 4.79 Å². The zero-order valence-corrected chi connectivity index (χ0v) is 6.66. The van der Waals surface area contributed by atoms with E-state index in [0.717, 1.165) is 4.73 Å². The largest absolute Gasteiger partial charge is 0.429 e. The van der Waals surface area contributed by atoms with Crippen LogP contribution < -0.4 is 5.43 Å². The van der Waals surface area contributed by atoms with Crippen molar-refractivity contribution in [1.29, 1.82) is 0 Å². The third-order valence-electron chi connectivity index (χ3n) is 1.66. The van der Waals surface area contributed by atoms with Gasteiger partial charge in [0.15, 0.2) is 5.43 Å². The molecule has 1 aromatic rings. The maximum absolute atomic E-state index is 11.0. The van der Waals surface area contributed by atoms with Gasteiger partial charge in [-0.25, -0.2) is 0 Å². The minimum atomic E-state index is -0.0212. The summed E-state index contributed by atoms with van der Waals surface area (Å²) in [5.74, 6) is 0. The van der Waals surface area contributed by atoms with Crippen LogP contribution in [-0.4, -0.2) is 9.94 Å². The molecule has 0 unspecified atom stereocenters. The van der Waals surface area contributed by atoms with Crippen LogP contribution in [0.4, 0.5) is 0 Å². The molecule has 11 heavy (non-hydrogen) atoms. The van der Waals surface area contributed by atoms with Gasteiger partial charge in [-0.2, -0.15) is 4.73 Å². The molecule has 0 saturated heterocycles. The molecule has 0 saturated carbocycles. The van der Waals surface area contributed by atoms with Crippen LogP contribution in [0.25, 0.3) is 0 Å². The average molecular weight is 153 g/mol. The van der Waals surface area contributed by atoms with E-state index >= 15 is 0 Å². The van der Waals surface area contributed by atoms with Crippen molar-refractivity contribution in [2.24, 2.45) is 0 Å². The highest BCUT2D eigenvalue weighted by atomic mass is 16.5. The number of pyridine rings is 1. The van der Waals surface area contributed by atoms with E-state index < -0.39 is 0 Å². The van der Waals surface area contributed by atoms with Crippen molar-refractivity contribution in [2.45, 2.75) is 20.3 Å². The monoisotopic (exact) mass is 153 g/mol. The fraction of sp³-hybridized carbons (Fsp3) is 0.375. The third kappa shape index (κ3) is 1.42. The topological polar surface area (TPSA) is 42.2 Å². The van der Waals surface area contributed by atoms with Crippen LogP contribution in [0.5, 0.6) is 0 Å². The molecule has 1 N–H and O–H groups in total. The predicted octanol–water partition coefficient (Wildman–Crippen LogP) is 0.956. The first-order valence-electron chi connectivity index (χ1n) is 3.56. The first-order valence-corrected chi connectivity index (χ1v) is 3.56. The Morgan fingerprint density at radius 2 is 2.27 bits per heavy atom. The molecule has 0 aliphatic rings. The molecule has 0 radical (unpaired) electrons. The maximum atomic E-state index is 11.0. The summed E-state index contributed by atoms with van der Waals surface area (Å²) in [5.41, 5.74) is 1.18. The molecule has 0 aliphatic heterocycles. The SMILES string of the molecule is CCc1cc(=O)c(C)cn1O. The highest BCUT2D eigenvalue weighted by Crippen LogP contribution is 1.96. The molecule has 1 aromatic heterocycles. The number of hydrogen-bond donors (Lipinski definition) is 1. The van der Waals surface area contributed by atoms with Crippen molar-refractivity contribution in [3.05, 3.63) is 33.7 Å². The molecule has 3 nitrogen and oxygen atoms in total. The Bertz CT molecular complexity index is 314. The Hall–Kier alpha value is -1.25. The van der Waals surface area contributed by atoms with Gasteiger partial charge >= 0.3 is 0 Å². The molecule has 0 fully saturated rings. The van der Waals surface area contributed by atoms with Crippen LogP contribution in [0.2, 0.25) is 0 Å². The highest BCUT2D eigenvalue weighted by molar-refractivity contribution is 5.13. The Morgan fingerprint density at radius 3 is 2.82 bits per heavy atom. The standard InChI is InChI=1S/C8H11NO2/c1-3-7-4-8(10)6(2)5-9(7)11/h4-5,11H,3H2,1-2H3. The summed E-state index contributed by atoms with van der Waals surface area (Å²) in [5, 5.41) is 9.19. The minimum Gasteiger partial charge on any atom is -0.429 e. The van der Waals surface area contributed by atoms with Crippen molar-refractivity contribution in [3.63, 3.8) is 0 Å². The lowest BCUT2D eigenvalue weighted by molar-refractivity contribution is 0.174. The number of hydrogen-bond acceptors (Lipinski definition) is 2. The van der Waals surface area contributed by atoms with E-state index in [0.29, 0.717) is 17.7 Å². The zero-order valence-electron chi connectivity index (χ0n) is 6.66. The number of aromatic nitrogens is 1. The van der Waals surface area contributed by atoms with Gasteiger partial charge in [0.05, 0.1) is 11.9 Å². The minimum absolute atomic E-state index is 0.0212. The van der Waals surface area contributed by atoms with Gasteiger partial charge in [0.25, 0.3) is 0 Å². The first-order chi connectivity index (χ1) is 5.15. The Kier molecular flexibility index (Phi) is 1.98. The normalized spacial score (nSPS) is 10.0. The van der Waals surface area contributed by atoms with Crippen LogP contribution in [0, 0.1) is 6.92 Å². The molecule has 0 bridgehead atoms. The number of nitrogens with zero attached hydrogens (tertiary/aromatic N) is 1. The maximum Gasteiger partial charge on any atom is 0.184 e. The van der Waals surface area contributed by atoms with E-state index in [1.165, 1.54) is 12.3 Å². The molecule has 1 heterocycles. The summed E-state index contributed by atoms with van der Waals surface area (Å²) in [6.07, 6.45) is 2.09. The average Bonchev–Trinajstić information content (AvgIpc) is 1.97. The fourth-order valence-electron chi connectivity index (χ4n) is 0.925. The lowest BCUT2D eigenvalue weighted by Crippen LogP contribution is -2.12. The van der Waals surface area contributed by atoms with Gasteiger partial charge in [-0.1, -0.05) is 6.92 Å². The third-order valence-corrected chi connectivity index (χ3v) is 1.66. The molecular weight excluding hydrogens is 142 g/mol. The van der Waals surface area contributed by atoms with Crippen molar-refractivity contribution < 1.29 is 5.21 Å². The summed E-state index contributed by atoms with van der Waals surface area (Å²) in [6, 6.07) is 1.45. The van der Waals surface area contributed by atoms with E-state index in [1.54, 1.807) is 6.92 Å². The van der Waals surface area contributed by atoms with Gasteiger partial charge < -0.3 is 5.21 Å². The molecular formula is C8H11NO2. The van der Waals surface area contributed by atoms with Crippen molar-refractivity contribution >= 4 is 0 Å². The van der Waals surface area contributed by atoms with E-state index in [1.807, 2.05) is 6.92 Å². The summed E-state index contributed by atoms with van der Waals surface area (Å²) in [4.78, 5) is 11.0. The van der Waals surface area contributed by atoms with Gasteiger partial charge in [-0.05, 0) is 13.3 Å². The molecule has 3 heteroatoms. The number of rotatable bonds is 1. The smallest absolute Gasteiger partial charge is 0.184 e. The van der Waals surface area contributed by atoms with Crippen LogP contribution >= 0.6 is 0 Å². The summed E-state index contributed by atoms with van der Waals surface area (Å²) >= 11 is 0. The molecule has 0 atom stereocenters. The Morgan fingerprint density at radius 1 is 1.64 bits per heavy atom. The van der Waals surface area contributed by atoms with Crippen molar-refractivity contribution in [2.75, 3.05) is 0 Å². The quantitative estimate of drug-likeness (QED) is 0.610. The molecule has 60 valence electrons. The summed E-state index contributed by atoms with van der Waals surface area (Å²) in [6.45, 7) is 3.56. The van der Waals surface area contributed by atoms with Gasteiger partial charge in [0.2, 0.25) is 0 Å². The van der Waals surface area contributed by atoms with Gasteiger partial charge in [0, 0.05) is 11.6 Å². The van der Waals surface area contributed by atoms with Crippen LogP contribution in [0.15, 0.2) is 17.1 Å². The lowest BCUT2D eigenvalue weighted by atomic mass is 10.2. The van der Waals surface area contributed by atoms with E-state index in [9.17, 15) is 10.0 Å². The second kappa shape index (κ2) is 2.78. The second-order valence-electron chi connectivity index (χ2n) is 2.51. The first kappa shape index (κ1) is 7.85.